The molecule has 0 fully saturated rings. The van der Waals surface area contributed by atoms with Crippen LogP contribution < -0.4 is 5.32 Å². The first-order valence-electron chi connectivity index (χ1n) is 4.69. The van der Waals surface area contributed by atoms with E-state index in [1.807, 2.05) is 12.1 Å². The fourth-order valence-electron chi connectivity index (χ4n) is 1.15. The van der Waals surface area contributed by atoms with Gasteiger partial charge in [-0.3, -0.25) is 0 Å². The van der Waals surface area contributed by atoms with Gasteiger partial charge in [-0.15, -0.1) is 11.3 Å². The average molecular weight is 199 g/mol. The van der Waals surface area contributed by atoms with E-state index < -0.39 is 0 Å². The fourth-order valence-corrected chi connectivity index (χ4v) is 2.01. The first-order chi connectivity index (χ1) is 6.24. The Bertz CT molecular complexity index is 247. The van der Waals surface area contributed by atoms with Crippen LogP contribution in [0.2, 0.25) is 0 Å². The number of nitrogens with one attached hydrogen (secondary N) is 1. The van der Waals surface area contributed by atoms with Crippen molar-refractivity contribution >= 4 is 11.3 Å². The van der Waals surface area contributed by atoms with Crippen LogP contribution >= 0.6 is 11.3 Å². The Morgan fingerprint density at radius 3 is 2.85 bits per heavy atom. The standard InChI is InChI=1S/C10H17NOS/c1-3-6-11-7-9(12)10-5-4-8(2)13-10/h4-5,9,11-12H,3,6-7H2,1-2H3. The minimum absolute atomic E-state index is 0.342. The predicted molar refractivity (Wildman–Crippen MR) is 57.2 cm³/mol. The minimum atomic E-state index is -0.342. The molecule has 0 saturated heterocycles. The third-order valence-electron chi connectivity index (χ3n) is 1.85. The van der Waals surface area contributed by atoms with Crippen molar-refractivity contribution in [2.75, 3.05) is 13.1 Å². The zero-order chi connectivity index (χ0) is 9.68. The fraction of sp³-hybridized carbons (Fsp3) is 0.600. The van der Waals surface area contributed by atoms with Gasteiger partial charge in [-0.1, -0.05) is 6.92 Å². The highest BCUT2D eigenvalue weighted by molar-refractivity contribution is 7.12. The van der Waals surface area contributed by atoms with E-state index >= 15 is 0 Å². The van der Waals surface area contributed by atoms with Crippen molar-refractivity contribution in [3.63, 3.8) is 0 Å². The molecular formula is C10H17NOS. The van der Waals surface area contributed by atoms with Crippen LogP contribution in [0.1, 0.15) is 29.2 Å². The third kappa shape index (κ3) is 3.46. The monoisotopic (exact) mass is 199 g/mol. The van der Waals surface area contributed by atoms with Crippen LogP contribution in [0.5, 0.6) is 0 Å². The smallest absolute Gasteiger partial charge is 0.101 e. The quantitative estimate of drug-likeness (QED) is 0.712. The SMILES string of the molecule is CCCNCC(O)c1ccc(C)s1. The van der Waals surface area contributed by atoms with E-state index in [-0.39, 0.29) is 6.10 Å². The molecule has 13 heavy (non-hydrogen) atoms. The molecule has 1 atom stereocenters. The molecule has 0 amide bonds. The Balaban J connectivity index is 2.35. The summed E-state index contributed by atoms with van der Waals surface area (Å²) in [6.07, 6.45) is 0.765. The molecule has 1 aromatic rings. The van der Waals surface area contributed by atoms with Crippen LogP contribution in [0, 0.1) is 6.92 Å². The van der Waals surface area contributed by atoms with Crippen LogP contribution in [0.4, 0.5) is 0 Å². The molecule has 74 valence electrons. The first-order valence-corrected chi connectivity index (χ1v) is 5.50. The molecule has 1 heterocycles. The maximum Gasteiger partial charge on any atom is 0.101 e. The average Bonchev–Trinajstić information content (AvgIpc) is 2.52. The molecule has 0 saturated carbocycles. The summed E-state index contributed by atoms with van der Waals surface area (Å²) >= 11 is 1.66. The van der Waals surface area contributed by atoms with Gasteiger partial charge in [0.15, 0.2) is 0 Å². The summed E-state index contributed by atoms with van der Waals surface area (Å²) in [6.45, 7) is 5.81. The highest BCUT2D eigenvalue weighted by Gasteiger charge is 2.07. The highest BCUT2D eigenvalue weighted by atomic mass is 32.1. The number of aryl methyl sites for hydroxylation is 1. The van der Waals surface area contributed by atoms with Gasteiger partial charge in [-0.2, -0.15) is 0 Å². The summed E-state index contributed by atoms with van der Waals surface area (Å²) in [7, 11) is 0. The minimum Gasteiger partial charge on any atom is -0.386 e. The molecule has 2 nitrogen and oxygen atoms in total. The Morgan fingerprint density at radius 1 is 1.54 bits per heavy atom. The van der Waals surface area contributed by atoms with Gasteiger partial charge in [0, 0.05) is 16.3 Å². The topological polar surface area (TPSA) is 32.3 Å². The molecule has 0 radical (unpaired) electrons. The Kier molecular flexibility index (Phi) is 4.42. The molecule has 2 N–H and O–H groups in total. The largest absolute Gasteiger partial charge is 0.386 e. The molecule has 1 unspecified atom stereocenters. The van der Waals surface area contributed by atoms with E-state index in [1.54, 1.807) is 11.3 Å². The summed E-state index contributed by atoms with van der Waals surface area (Å²) in [6, 6.07) is 4.04. The zero-order valence-electron chi connectivity index (χ0n) is 8.21. The second-order valence-corrected chi connectivity index (χ2v) is 4.49. The Morgan fingerprint density at radius 2 is 2.31 bits per heavy atom. The molecule has 0 bridgehead atoms. The van der Waals surface area contributed by atoms with Crippen molar-refractivity contribution in [3.8, 4) is 0 Å². The molecule has 0 aliphatic carbocycles. The van der Waals surface area contributed by atoms with Gasteiger partial charge in [0.05, 0.1) is 0 Å². The lowest BCUT2D eigenvalue weighted by Crippen LogP contribution is -2.21. The number of hydrogen-bond acceptors (Lipinski definition) is 3. The lowest BCUT2D eigenvalue weighted by Gasteiger charge is -2.08. The summed E-state index contributed by atoms with van der Waals surface area (Å²) in [4.78, 5) is 2.31. The van der Waals surface area contributed by atoms with Gasteiger partial charge in [-0.25, -0.2) is 0 Å². The molecular weight excluding hydrogens is 182 g/mol. The summed E-state index contributed by atoms with van der Waals surface area (Å²) in [5.74, 6) is 0. The van der Waals surface area contributed by atoms with Gasteiger partial charge >= 0.3 is 0 Å². The van der Waals surface area contributed by atoms with Gasteiger partial charge in [0.2, 0.25) is 0 Å². The Hall–Kier alpha value is -0.380. The zero-order valence-corrected chi connectivity index (χ0v) is 9.03. The third-order valence-corrected chi connectivity index (χ3v) is 2.96. The highest BCUT2D eigenvalue weighted by Crippen LogP contribution is 2.21. The van der Waals surface area contributed by atoms with Crippen LogP contribution in [-0.4, -0.2) is 18.2 Å². The number of aliphatic hydroxyl groups is 1. The van der Waals surface area contributed by atoms with Crippen LogP contribution in [-0.2, 0) is 0 Å². The van der Waals surface area contributed by atoms with Gasteiger partial charge in [0.25, 0.3) is 0 Å². The van der Waals surface area contributed by atoms with E-state index in [1.165, 1.54) is 4.88 Å². The normalized spacial score (nSPS) is 13.2. The van der Waals surface area contributed by atoms with E-state index in [4.69, 9.17) is 0 Å². The lowest BCUT2D eigenvalue weighted by atomic mass is 10.3. The number of thiophene rings is 1. The predicted octanol–water partition coefficient (Wildman–Crippen LogP) is 2.09. The maximum atomic E-state index is 9.71. The summed E-state index contributed by atoms with van der Waals surface area (Å²) in [5.41, 5.74) is 0. The maximum absolute atomic E-state index is 9.71. The second kappa shape index (κ2) is 5.37. The van der Waals surface area contributed by atoms with Crippen molar-refractivity contribution in [1.82, 2.24) is 5.32 Å². The van der Waals surface area contributed by atoms with Crippen molar-refractivity contribution in [2.24, 2.45) is 0 Å². The molecule has 0 aliphatic heterocycles. The van der Waals surface area contributed by atoms with Crippen LogP contribution in [0.15, 0.2) is 12.1 Å². The molecule has 3 heteroatoms. The van der Waals surface area contributed by atoms with Crippen molar-refractivity contribution in [1.29, 1.82) is 0 Å². The van der Waals surface area contributed by atoms with Crippen molar-refractivity contribution in [3.05, 3.63) is 21.9 Å². The van der Waals surface area contributed by atoms with Crippen LogP contribution in [0.25, 0.3) is 0 Å². The molecule has 1 aromatic heterocycles. The van der Waals surface area contributed by atoms with E-state index in [9.17, 15) is 5.11 Å². The molecule has 0 aromatic carbocycles. The Labute approximate surface area is 83.6 Å². The van der Waals surface area contributed by atoms with Gasteiger partial charge in [0.1, 0.15) is 6.10 Å². The van der Waals surface area contributed by atoms with Gasteiger partial charge in [-0.05, 0) is 32.0 Å². The molecule has 0 spiro atoms. The molecule has 0 aliphatic rings. The van der Waals surface area contributed by atoms with E-state index in [2.05, 4.69) is 19.2 Å². The number of hydrogen-bond donors (Lipinski definition) is 2. The first kappa shape index (κ1) is 10.7. The van der Waals surface area contributed by atoms with E-state index in [0.29, 0.717) is 6.54 Å². The van der Waals surface area contributed by atoms with Crippen molar-refractivity contribution < 1.29 is 5.11 Å². The van der Waals surface area contributed by atoms with Gasteiger partial charge < -0.3 is 10.4 Å². The summed E-state index contributed by atoms with van der Waals surface area (Å²) < 4.78 is 0. The molecule has 1 rings (SSSR count). The number of rotatable bonds is 5. The van der Waals surface area contributed by atoms with Crippen LogP contribution in [0.3, 0.4) is 0 Å². The summed E-state index contributed by atoms with van der Waals surface area (Å²) in [5, 5.41) is 12.9. The number of aliphatic hydroxyl groups excluding tert-OH is 1. The lowest BCUT2D eigenvalue weighted by molar-refractivity contribution is 0.178. The second-order valence-electron chi connectivity index (χ2n) is 3.17. The van der Waals surface area contributed by atoms with Crippen molar-refractivity contribution in [2.45, 2.75) is 26.4 Å². The van der Waals surface area contributed by atoms with E-state index in [0.717, 1.165) is 17.8 Å².